The maximum Gasteiger partial charge on any atom is 0.241 e. The zero-order valence-electron chi connectivity index (χ0n) is 18.9. The molecular formula is C23H29N3O5S. The molecule has 0 saturated carbocycles. The van der Waals surface area contributed by atoms with Crippen LogP contribution in [-0.4, -0.2) is 39.4 Å². The molecule has 0 radical (unpaired) electrons. The van der Waals surface area contributed by atoms with E-state index in [0.29, 0.717) is 17.1 Å². The van der Waals surface area contributed by atoms with Crippen molar-refractivity contribution in [3.63, 3.8) is 0 Å². The topological polar surface area (TPSA) is 105 Å². The summed E-state index contributed by atoms with van der Waals surface area (Å²) in [6.45, 7) is 7.45. The third kappa shape index (κ3) is 5.46. The van der Waals surface area contributed by atoms with E-state index in [0.717, 1.165) is 5.56 Å². The summed E-state index contributed by atoms with van der Waals surface area (Å²) >= 11 is 0. The molecular weight excluding hydrogens is 430 g/mol. The maximum absolute atomic E-state index is 12.8. The van der Waals surface area contributed by atoms with Crippen LogP contribution in [0.25, 0.3) is 0 Å². The lowest BCUT2D eigenvalue weighted by Gasteiger charge is -2.20. The second kappa shape index (κ2) is 8.91. The Bertz CT molecular complexity index is 1120. The summed E-state index contributed by atoms with van der Waals surface area (Å²) in [7, 11) is -2.12. The molecule has 32 heavy (non-hydrogen) atoms. The minimum Gasteiger partial charge on any atom is -0.495 e. The molecule has 2 aromatic carbocycles. The van der Waals surface area contributed by atoms with Crippen LogP contribution < -0.4 is 19.7 Å². The maximum atomic E-state index is 12.8. The van der Waals surface area contributed by atoms with E-state index < -0.39 is 21.5 Å². The van der Waals surface area contributed by atoms with Gasteiger partial charge in [0.1, 0.15) is 5.75 Å². The SMILES string of the molecule is COc1ccc(C)cc1N1CC(C(=O)Nc2ccc(S(=O)(=O)NC(C)(C)C)cc2)CC1=O. The van der Waals surface area contributed by atoms with E-state index in [1.807, 2.05) is 19.1 Å². The lowest BCUT2D eigenvalue weighted by atomic mass is 10.1. The fourth-order valence-electron chi connectivity index (χ4n) is 3.55. The highest BCUT2D eigenvalue weighted by Gasteiger charge is 2.36. The standard InChI is InChI=1S/C23H29N3O5S/c1-15-6-11-20(31-5)19(12-15)26-14-16(13-21(26)27)22(28)24-17-7-9-18(10-8-17)32(29,30)25-23(2,3)4/h6-12,16,25H,13-14H2,1-5H3,(H,24,28). The van der Waals surface area contributed by atoms with Gasteiger partial charge in [-0.2, -0.15) is 0 Å². The molecule has 0 bridgehead atoms. The molecule has 2 aromatic rings. The van der Waals surface area contributed by atoms with Crippen molar-refractivity contribution in [3.8, 4) is 5.75 Å². The van der Waals surface area contributed by atoms with Crippen molar-refractivity contribution in [2.24, 2.45) is 5.92 Å². The largest absolute Gasteiger partial charge is 0.495 e. The molecule has 2 N–H and O–H groups in total. The van der Waals surface area contributed by atoms with Gasteiger partial charge in [0.25, 0.3) is 0 Å². The molecule has 0 aliphatic carbocycles. The van der Waals surface area contributed by atoms with Crippen LogP contribution in [0.1, 0.15) is 32.8 Å². The molecule has 8 nitrogen and oxygen atoms in total. The van der Waals surface area contributed by atoms with Crippen molar-refractivity contribution >= 4 is 33.2 Å². The van der Waals surface area contributed by atoms with Gasteiger partial charge in [0.05, 0.1) is 23.6 Å². The number of nitrogens with one attached hydrogen (secondary N) is 2. The van der Waals surface area contributed by atoms with Gasteiger partial charge in [-0.15, -0.1) is 0 Å². The lowest BCUT2D eigenvalue weighted by Crippen LogP contribution is -2.40. The van der Waals surface area contributed by atoms with Crippen LogP contribution in [0.3, 0.4) is 0 Å². The number of carbonyl (C=O) groups is 2. The first-order valence-electron chi connectivity index (χ1n) is 10.3. The molecule has 1 aliphatic heterocycles. The van der Waals surface area contributed by atoms with Crippen molar-refractivity contribution in [2.45, 2.75) is 44.6 Å². The van der Waals surface area contributed by atoms with Gasteiger partial charge >= 0.3 is 0 Å². The van der Waals surface area contributed by atoms with E-state index >= 15 is 0 Å². The Hall–Kier alpha value is -2.91. The summed E-state index contributed by atoms with van der Waals surface area (Å²) in [6, 6.07) is 11.5. The molecule has 0 aromatic heterocycles. The number of rotatable bonds is 6. The second-order valence-electron chi connectivity index (χ2n) is 8.95. The summed E-state index contributed by atoms with van der Waals surface area (Å²) in [6.07, 6.45) is 0.0882. The van der Waals surface area contributed by atoms with Crippen molar-refractivity contribution in [1.82, 2.24) is 4.72 Å². The zero-order chi connectivity index (χ0) is 23.7. The van der Waals surface area contributed by atoms with E-state index in [-0.39, 0.29) is 29.7 Å². The number of nitrogens with zero attached hydrogens (tertiary/aromatic N) is 1. The van der Waals surface area contributed by atoms with Crippen molar-refractivity contribution in [1.29, 1.82) is 0 Å². The molecule has 1 aliphatic rings. The molecule has 3 rings (SSSR count). The van der Waals surface area contributed by atoms with Crippen LogP contribution in [0, 0.1) is 12.8 Å². The Labute approximate surface area is 189 Å². The summed E-state index contributed by atoms with van der Waals surface area (Å²) in [5.74, 6) is -0.399. The summed E-state index contributed by atoms with van der Waals surface area (Å²) in [5.41, 5.74) is 1.49. The molecule has 9 heteroatoms. The molecule has 0 spiro atoms. The smallest absolute Gasteiger partial charge is 0.241 e. The van der Waals surface area contributed by atoms with Crippen molar-refractivity contribution in [3.05, 3.63) is 48.0 Å². The quantitative estimate of drug-likeness (QED) is 0.691. The van der Waals surface area contributed by atoms with Gasteiger partial charge in [0.2, 0.25) is 21.8 Å². The van der Waals surface area contributed by atoms with E-state index in [2.05, 4.69) is 10.0 Å². The van der Waals surface area contributed by atoms with Gasteiger partial charge in [0.15, 0.2) is 0 Å². The lowest BCUT2D eigenvalue weighted by molar-refractivity contribution is -0.122. The normalized spacial score (nSPS) is 16.8. The van der Waals surface area contributed by atoms with Crippen molar-refractivity contribution in [2.75, 3.05) is 23.9 Å². The predicted octanol–water partition coefficient (Wildman–Crippen LogP) is 3.07. The van der Waals surface area contributed by atoms with E-state index in [1.54, 1.807) is 38.8 Å². The van der Waals surface area contributed by atoms with Gasteiger partial charge in [-0.3, -0.25) is 9.59 Å². The number of anilines is 2. The average molecular weight is 460 g/mol. The number of benzene rings is 2. The molecule has 172 valence electrons. The first-order chi connectivity index (χ1) is 14.9. The molecule has 1 saturated heterocycles. The Kier molecular flexibility index (Phi) is 6.61. The number of ether oxygens (including phenoxy) is 1. The number of sulfonamides is 1. The van der Waals surface area contributed by atoms with Crippen LogP contribution in [-0.2, 0) is 19.6 Å². The Morgan fingerprint density at radius 1 is 1.12 bits per heavy atom. The van der Waals surface area contributed by atoms with Crippen LogP contribution in [0.15, 0.2) is 47.4 Å². The molecule has 2 amide bonds. The van der Waals surface area contributed by atoms with Gasteiger partial charge in [0, 0.05) is 24.2 Å². The Morgan fingerprint density at radius 2 is 1.78 bits per heavy atom. The minimum atomic E-state index is -3.66. The van der Waals surface area contributed by atoms with Crippen LogP contribution >= 0.6 is 0 Å². The highest BCUT2D eigenvalue weighted by atomic mass is 32.2. The fourth-order valence-corrected chi connectivity index (χ4v) is 4.97. The highest BCUT2D eigenvalue weighted by molar-refractivity contribution is 7.89. The van der Waals surface area contributed by atoms with Gasteiger partial charge in [-0.25, -0.2) is 13.1 Å². The number of aryl methyl sites for hydroxylation is 1. The molecule has 1 atom stereocenters. The van der Waals surface area contributed by atoms with Crippen LogP contribution in [0.5, 0.6) is 5.75 Å². The number of hydrogen-bond donors (Lipinski definition) is 2. The third-order valence-corrected chi connectivity index (χ3v) is 6.77. The minimum absolute atomic E-state index is 0.0882. The van der Waals surface area contributed by atoms with Gasteiger partial charge in [-0.1, -0.05) is 6.07 Å². The average Bonchev–Trinajstić information content (AvgIpc) is 3.08. The molecule has 1 unspecified atom stereocenters. The first-order valence-corrected chi connectivity index (χ1v) is 11.8. The first kappa shape index (κ1) is 23.7. The monoisotopic (exact) mass is 459 g/mol. The van der Waals surface area contributed by atoms with E-state index in [9.17, 15) is 18.0 Å². The number of hydrogen-bond acceptors (Lipinski definition) is 5. The van der Waals surface area contributed by atoms with E-state index in [1.165, 1.54) is 24.3 Å². The van der Waals surface area contributed by atoms with Crippen LogP contribution in [0.4, 0.5) is 11.4 Å². The third-order valence-electron chi connectivity index (χ3n) is 4.99. The summed E-state index contributed by atoms with van der Waals surface area (Å²) in [4.78, 5) is 27.1. The number of carbonyl (C=O) groups excluding carboxylic acids is 2. The van der Waals surface area contributed by atoms with Crippen molar-refractivity contribution < 1.29 is 22.7 Å². The molecule has 1 heterocycles. The second-order valence-corrected chi connectivity index (χ2v) is 10.6. The number of methoxy groups -OCH3 is 1. The Balaban J connectivity index is 1.70. The molecule has 1 fully saturated rings. The number of amides is 2. The summed E-state index contributed by atoms with van der Waals surface area (Å²) in [5, 5.41) is 2.78. The summed E-state index contributed by atoms with van der Waals surface area (Å²) < 4.78 is 32.8. The fraction of sp³-hybridized carbons (Fsp3) is 0.391. The van der Waals surface area contributed by atoms with Gasteiger partial charge in [-0.05, 0) is 69.7 Å². The van der Waals surface area contributed by atoms with Gasteiger partial charge < -0.3 is 15.0 Å². The van der Waals surface area contributed by atoms with Crippen LogP contribution in [0.2, 0.25) is 0 Å². The van der Waals surface area contributed by atoms with E-state index in [4.69, 9.17) is 4.74 Å². The predicted molar refractivity (Wildman–Crippen MR) is 123 cm³/mol. The highest BCUT2D eigenvalue weighted by Crippen LogP contribution is 2.34. The zero-order valence-corrected chi connectivity index (χ0v) is 19.7. The Morgan fingerprint density at radius 3 is 2.38 bits per heavy atom.